The van der Waals surface area contributed by atoms with Crippen LogP contribution in [-0.4, -0.2) is 49.2 Å². The minimum absolute atomic E-state index is 0.0190. The monoisotopic (exact) mass is 428 g/mol. The molecular weight excluding hydrogens is 402 g/mol. The van der Waals surface area contributed by atoms with E-state index in [1.54, 1.807) is 0 Å². The van der Waals surface area contributed by atoms with E-state index in [1.807, 2.05) is 41.5 Å². The smallest absolute Gasteiger partial charge is 0.423 e. The van der Waals surface area contributed by atoms with E-state index in [0.29, 0.717) is 0 Å². The Balaban J connectivity index is 0.000000528. The largest absolute Gasteiger partial charge is 0.639 e. The molecule has 0 saturated carbocycles. The van der Waals surface area contributed by atoms with Crippen molar-refractivity contribution in [2.75, 3.05) is 0 Å². The van der Waals surface area contributed by atoms with Gasteiger partial charge in [0.05, 0.1) is 5.02 Å². The van der Waals surface area contributed by atoms with Crippen molar-refractivity contribution in [3.63, 3.8) is 0 Å². The van der Waals surface area contributed by atoms with Gasteiger partial charge in [-0.1, -0.05) is 17.7 Å². The lowest BCUT2D eigenvalue weighted by molar-refractivity contribution is -0.274. The van der Waals surface area contributed by atoms with Gasteiger partial charge in [0, 0.05) is 18.3 Å². The van der Waals surface area contributed by atoms with Crippen LogP contribution in [0.5, 0.6) is 5.75 Å². The number of halogens is 4. The van der Waals surface area contributed by atoms with Crippen LogP contribution < -0.4 is 10.2 Å². The summed E-state index contributed by atoms with van der Waals surface area (Å²) in [6.45, 7) is 11.8. The van der Waals surface area contributed by atoms with E-state index >= 15 is 0 Å². The summed E-state index contributed by atoms with van der Waals surface area (Å²) in [6, 6.07) is 2.95. The molecule has 1 aromatic rings. The predicted molar refractivity (Wildman–Crippen MR) is 102 cm³/mol. The molecule has 0 bridgehead atoms. The van der Waals surface area contributed by atoms with Crippen molar-refractivity contribution in [2.45, 2.75) is 66.2 Å². The van der Waals surface area contributed by atoms with Crippen molar-refractivity contribution in [1.29, 1.82) is 0 Å². The van der Waals surface area contributed by atoms with Gasteiger partial charge in [0.2, 0.25) is 0 Å². The van der Waals surface area contributed by atoms with Gasteiger partial charge in [-0.2, -0.15) is 0 Å². The minimum atomic E-state index is -4.83. The molecule has 0 unspecified atom stereocenters. The summed E-state index contributed by atoms with van der Waals surface area (Å²) in [6.07, 6.45) is -4.49. The zero-order chi connectivity index (χ0) is 22.1. The van der Waals surface area contributed by atoms with Crippen molar-refractivity contribution < 1.29 is 41.9 Å². The zero-order valence-corrected chi connectivity index (χ0v) is 17.4. The maximum atomic E-state index is 11.8. The summed E-state index contributed by atoms with van der Waals surface area (Å²) >= 11 is 5.43. The second-order valence-corrected chi connectivity index (χ2v) is 6.86. The molecule has 0 aliphatic carbocycles. The maximum Gasteiger partial charge on any atom is 0.639 e. The van der Waals surface area contributed by atoms with E-state index in [9.17, 15) is 13.2 Å². The Bertz CT molecular complexity index is 550. The zero-order valence-electron chi connectivity index (χ0n) is 16.7. The Kier molecular flexibility index (Phi) is 12.1. The van der Waals surface area contributed by atoms with Crippen molar-refractivity contribution >= 4 is 31.5 Å². The highest BCUT2D eigenvalue weighted by Gasteiger charge is 2.32. The Labute approximate surface area is 169 Å². The Morgan fingerprint density at radius 3 is 1.61 bits per heavy atom. The highest BCUT2D eigenvalue weighted by atomic mass is 35.5. The molecule has 0 radical (unpaired) electrons. The first-order valence-corrected chi connectivity index (χ1v) is 8.96. The molecular formula is C16H26B2ClF3O6. The van der Waals surface area contributed by atoms with Gasteiger partial charge in [0.25, 0.3) is 0 Å². The first-order chi connectivity index (χ1) is 12.7. The molecule has 0 fully saturated rings. The number of hydrogen-bond acceptors (Lipinski definition) is 6. The van der Waals surface area contributed by atoms with Gasteiger partial charge in [0.15, 0.2) is 0 Å². The fourth-order valence-corrected chi connectivity index (χ4v) is 1.88. The van der Waals surface area contributed by atoms with Crippen LogP contribution in [-0.2, 0) is 14.0 Å². The number of benzene rings is 1. The standard InChI is InChI=1S/C9H21BO3.C7H5BClF3O3/c1-7(2)11-10(12-8(3)4)13-9(5)6;9-5-3-4(8(13)14)1-2-6(5)15-7(10,11)12/h7-9H,1-6H3;1-3,13-14H. The van der Waals surface area contributed by atoms with Crippen molar-refractivity contribution in [1.82, 2.24) is 0 Å². The molecule has 2 N–H and O–H groups in total. The molecule has 1 rings (SSSR count). The van der Waals surface area contributed by atoms with Crippen LogP contribution in [0.3, 0.4) is 0 Å². The third-order valence-corrected chi connectivity index (χ3v) is 2.92. The first-order valence-electron chi connectivity index (χ1n) is 8.59. The highest BCUT2D eigenvalue weighted by Crippen LogP contribution is 2.28. The normalized spacial score (nSPS) is 11.5. The van der Waals surface area contributed by atoms with Crippen LogP contribution in [0.15, 0.2) is 18.2 Å². The molecule has 6 nitrogen and oxygen atoms in total. The number of ether oxygens (including phenoxy) is 1. The van der Waals surface area contributed by atoms with Gasteiger partial charge in [-0.25, -0.2) is 0 Å². The maximum absolute atomic E-state index is 11.8. The van der Waals surface area contributed by atoms with Gasteiger partial charge in [-0.15, -0.1) is 13.2 Å². The number of rotatable bonds is 8. The molecule has 1 aromatic carbocycles. The van der Waals surface area contributed by atoms with Crippen LogP contribution in [0.2, 0.25) is 5.02 Å². The van der Waals surface area contributed by atoms with Gasteiger partial charge in [-0.3, -0.25) is 0 Å². The van der Waals surface area contributed by atoms with E-state index in [-0.39, 0.29) is 28.8 Å². The van der Waals surface area contributed by atoms with E-state index < -0.39 is 26.6 Å². The first kappa shape index (κ1) is 27.0. The molecule has 0 aliphatic heterocycles. The van der Waals surface area contributed by atoms with Crippen molar-refractivity contribution in [2.24, 2.45) is 0 Å². The van der Waals surface area contributed by atoms with Crippen molar-refractivity contribution in [3.05, 3.63) is 23.2 Å². The van der Waals surface area contributed by atoms with E-state index in [1.165, 1.54) is 0 Å². The third-order valence-electron chi connectivity index (χ3n) is 2.63. The summed E-state index contributed by atoms with van der Waals surface area (Å²) in [4.78, 5) is 0. The van der Waals surface area contributed by atoms with E-state index in [4.69, 9.17) is 35.6 Å². The molecule has 0 spiro atoms. The van der Waals surface area contributed by atoms with Crippen LogP contribution in [0.25, 0.3) is 0 Å². The fourth-order valence-electron chi connectivity index (χ4n) is 1.65. The minimum Gasteiger partial charge on any atom is -0.423 e. The molecule has 0 aliphatic rings. The van der Waals surface area contributed by atoms with Gasteiger partial charge >= 0.3 is 20.8 Å². The number of alkyl halides is 3. The Morgan fingerprint density at radius 1 is 0.893 bits per heavy atom. The van der Waals surface area contributed by atoms with Crippen LogP contribution in [0.4, 0.5) is 13.2 Å². The van der Waals surface area contributed by atoms with Crippen molar-refractivity contribution in [3.8, 4) is 5.75 Å². The molecule has 0 heterocycles. The molecule has 12 heteroatoms. The molecule has 28 heavy (non-hydrogen) atoms. The molecule has 0 saturated heterocycles. The van der Waals surface area contributed by atoms with Crippen LogP contribution in [0.1, 0.15) is 41.5 Å². The van der Waals surface area contributed by atoms with Crippen LogP contribution >= 0.6 is 11.6 Å². The lowest BCUT2D eigenvalue weighted by Crippen LogP contribution is -2.34. The summed E-state index contributed by atoms with van der Waals surface area (Å²) in [5.41, 5.74) is -0.0190. The molecule has 160 valence electrons. The SMILES string of the molecule is CC(C)OB(OC(C)C)OC(C)C.OB(O)c1ccc(OC(F)(F)F)c(Cl)c1. The van der Waals surface area contributed by atoms with Gasteiger partial charge in [-0.05, 0) is 59.1 Å². The average Bonchev–Trinajstić information content (AvgIpc) is 2.46. The topological polar surface area (TPSA) is 77.4 Å². The number of hydrogen-bond donors (Lipinski definition) is 2. The molecule has 0 atom stereocenters. The second kappa shape index (κ2) is 12.6. The predicted octanol–water partition coefficient (Wildman–Crippen LogP) is 3.16. The second-order valence-electron chi connectivity index (χ2n) is 6.45. The summed E-state index contributed by atoms with van der Waals surface area (Å²) in [5, 5.41) is 17.1. The van der Waals surface area contributed by atoms with Gasteiger partial charge < -0.3 is 28.7 Å². The van der Waals surface area contributed by atoms with Crippen LogP contribution in [0, 0.1) is 0 Å². The van der Waals surface area contributed by atoms with Gasteiger partial charge in [0.1, 0.15) is 5.75 Å². The Hall–Kier alpha value is -0.970. The third kappa shape index (κ3) is 13.2. The molecule has 0 amide bonds. The van der Waals surface area contributed by atoms with E-state index in [2.05, 4.69) is 4.74 Å². The lowest BCUT2D eigenvalue weighted by Gasteiger charge is -2.20. The fraction of sp³-hybridized carbons (Fsp3) is 0.625. The highest BCUT2D eigenvalue weighted by molar-refractivity contribution is 6.59. The quantitative estimate of drug-likeness (QED) is 0.620. The summed E-state index contributed by atoms with van der Waals surface area (Å²) in [7, 11) is -2.33. The molecule has 0 aromatic heterocycles. The average molecular weight is 428 g/mol. The summed E-state index contributed by atoms with van der Waals surface area (Å²) < 4.78 is 55.3. The summed E-state index contributed by atoms with van der Waals surface area (Å²) in [5.74, 6) is -0.589. The Morgan fingerprint density at radius 2 is 1.32 bits per heavy atom. The van der Waals surface area contributed by atoms with E-state index in [0.717, 1.165) is 18.2 Å². The lowest BCUT2D eigenvalue weighted by atomic mass is 9.80.